The minimum Gasteiger partial charge on any atom is -0.335 e. The lowest BCUT2D eigenvalue weighted by Gasteiger charge is -2.24. The second kappa shape index (κ2) is 5.72. The van der Waals surface area contributed by atoms with E-state index in [0.717, 1.165) is 4.90 Å². The van der Waals surface area contributed by atoms with Crippen molar-refractivity contribution in [3.63, 3.8) is 0 Å². The highest BCUT2D eigenvalue weighted by molar-refractivity contribution is 7.91. The number of carbonyl (C=O) groups is 1. The molecule has 1 atom stereocenters. The Kier molecular flexibility index (Phi) is 4.81. The van der Waals surface area contributed by atoms with Crippen molar-refractivity contribution in [2.75, 3.05) is 31.1 Å². The Morgan fingerprint density at radius 1 is 1.47 bits per heavy atom. The van der Waals surface area contributed by atoms with E-state index < -0.39 is 34.6 Å². The fourth-order valence-corrected chi connectivity index (χ4v) is 3.59. The molecule has 1 amide bonds. The van der Waals surface area contributed by atoms with E-state index in [4.69, 9.17) is 5.73 Å². The van der Waals surface area contributed by atoms with Crippen LogP contribution in [0.15, 0.2) is 0 Å². The van der Waals surface area contributed by atoms with Crippen LogP contribution in [0.5, 0.6) is 0 Å². The average Bonchev–Trinajstić information content (AvgIpc) is 2.56. The molecule has 2 N–H and O–H groups in total. The highest BCUT2D eigenvalue weighted by atomic mass is 32.2. The van der Waals surface area contributed by atoms with Crippen molar-refractivity contribution >= 4 is 15.7 Å². The summed E-state index contributed by atoms with van der Waals surface area (Å²) in [6.45, 7) is -0.579. The van der Waals surface area contributed by atoms with Crippen molar-refractivity contribution in [2.45, 2.75) is 12.8 Å². The predicted octanol–water partition coefficient (Wildman–Crippen LogP) is -0.526. The number of alkyl halides is 2. The molecule has 1 saturated heterocycles. The largest absolute Gasteiger partial charge is 0.335 e. The monoisotopic (exact) mass is 270 g/mol. The SMILES string of the molecule is NCCN(CC(F)F)C(=O)C1CCS(=O)(=O)C1. The third-order valence-corrected chi connectivity index (χ3v) is 4.42. The molecule has 0 aromatic heterocycles. The molecule has 0 aromatic rings. The van der Waals surface area contributed by atoms with Gasteiger partial charge in [-0.05, 0) is 6.42 Å². The second-order valence-electron chi connectivity index (χ2n) is 4.06. The first kappa shape index (κ1) is 14.3. The number of amides is 1. The van der Waals surface area contributed by atoms with Crippen LogP contribution < -0.4 is 5.73 Å². The molecule has 100 valence electrons. The quantitative estimate of drug-likeness (QED) is 0.728. The van der Waals surface area contributed by atoms with Gasteiger partial charge in [-0.1, -0.05) is 0 Å². The molecule has 0 aliphatic carbocycles. The van der Waals surface area contributed by atoms with Crippen molar-refractivity contribution in [1.29, 1.82) is 0 Å². The van der Waals surface area contributed by atoms with Crippen LogP contribution in [-0.4, -0.2) is 56.8 Å². The molecule has 1 fully saturated rings. The molecule has 0 bridgehead atoms. The Hall–Kier alpha value is -0.760. The molecule has 5 nitrogen and oxygen atoms in total. The molecule has 8 heteroatoms. The van der Waals surface area contributed by atoms with Crippen LogP contribution in [0.25, 0.3) is 0 Å². The van der Waals surface area contributed by atoms with Gasteiger partial charge in [0.15, 0.2) is 9.84 Å². The summed E-state index contributed by atoms with van der Waals surface area (Å²) < 4.78 is 46.9. The van der Waals surface area contributed by atoms with Gasteiger partial charge in [-0.2, -0.15) is 0 Å². The number of rotatable bonds is 5. The third kappa shape index (κ3) is 4.19. The van der Waals surface area contributed by atoms with Gasteiger partial charge in [0.1, 0.15) is 0 Å². The molecular formula is C9H16F2N2O3S. The van der Waals surface area contributed by atoms with Crippen LogP contribution in [0.1, 0.15) is 6.42 Å². The number of hydrogen-bond acceptors (Lipinski definition) is 4. The maximum atomic E-state index is 12.3. The van der Waals surface area contributed by atoms with Gasteiger partial charge in [-0.15, -0.1) is 0 Å². The standard InChI is InChI=1S/C9H16F2N2O3S/c10-8(11)5-13(3-2-12)9(14)7-1-4-17(15,16)6-7/h7-8H,1-6,12H2. The summed E-state index contributed by atoms with van der Waals surface area (Å²) in [6.07, 6.45) is -2.42. The molecule has 1 aliphatic heterocycles. The highest BCUT2D eigenvalue weighted by Gasteiger charge is 2.35. The summed E-state index contributed by atoms with van der Waals surface area (Å²) in [5.41, 5.74) is 5.24. The average molecular weight is 270 g/mol. The van der Waals surface area contributed by atoms with Crippen molar-refractivity contribution in [3.05, 3.63) is 0 Å². The fourth-order valence-electron chi connectivity index (χ4n) is 1.86. The number of halogens is 2. The molecule has 1 heterocycles. The van der Waals surface area contributed by atoms with Gasteiger partial charge < -0.3 is 10.6 Å². The maximum Gasteiger partial charge on any atom is 0.255 e. The normalized spacial score (nSPS) is 22.9. The number of sulfone groups is 1. The zero-order valence-corrected chi connectivity index (χ0v) is 10.1. The van der Waals surface area contributed by atoms with Gasteiger partial charge in [-0.3, -0.25) is 4.79 Å². The van der Waals surface area contributed by atoms with Crippen LogP contribution in [0.2, 0.25) is 0 Å². The van der Waals surface area contributed by atoms with E-state index in [-0.39, 0.29) is 31.0 Å². The van der Waals surface area contributed by atoms with Crippen molar-refractivity contribution in [3.8, 4) is 0 Å². The highest BCUT2D eigenvalue weighted by Crippen LogP contribution is 2.21. The van der Waals surface area contributed by atoms with Crippen LogP contribution in [0.4, 0.5) is 8.78 Å². The Labute approximate surface area is 98.9 Å². The first-order valence-electron chi connectivity index (χ1n) is 5.33. The Morgan fingerprint density at radius 3 is 2.53 bits per heavy atom. The second-order valence-corrected chi connectivity index (χ2v) is 6.29. The summed E-state index contributed by atoms with van der Waals surface area (Å²) in [5, 5.41) is 0. The Morgan fingerprint density at radius 2 is 2.12 bits per heavy atom. The van der Waals surface area contributed by atoms with E-state index in [1.54, 1.807) is 0 Å². The Balaban J connectivity index is 2.65. The van der Waals surface area contributed by atoms with Crippen LogP contribution in [0.3, 0.4) is 0 Å². The summed E-state index contributed by atoms with van der Waals surface area (Å²) >= 11 is 0. The van der Waals surface area contributed by atoms with Gasteiger partial charge in [-0.25, -0.2) is 17.2 Å². The smallest absolute Gasteiger partial charge is 0.255 e. The molecule has 0 saturated carbocycles. The van der Waals surface area contributed by atoms with Crippen LogP contribution in [0, 0.1) is 5.92 Å². The molecular weight excluding hydrogens is 254 g/mol. The van der Waals surface area contributed by atoms with Gasteiger partial charge in [0.25, 0.3) is 6.43 Å². The molecule has 0 spiro atoms. The molecule has 1 aliphatic rings. The summed E-state index contributed by atoms with van der Waals surface area (Å²) in [6, 6.07) is 0. The lowest BCUT2D eigenvalue weighted by atomic mass is 10.1. The van der Waals surface area contributed by atoms with Crippen molar-refractivity contribution < 1.29 is 22.0 Å². The van der Waals surface area contributed by atoms with E-state index in [9.17, 15) is 22.0 Å². The number of nitrogens with two attached hydrogens (primary N) is 1. The lowest BCUT2D eigenvalue weighted by molar-refractivity contribution is -0.136. The Bertz CT molecular complexity index is 372. The first-order valence-corrected chi connectivity index (χ1v) is 7.15. The number of carbonyl (C=O) groups excluding carboxylic acids is 1. The number of nitrogens with zero attached hydrogens (tertiary/aromatic N) is 1. The van der Waals surface area contributed by atoms with Crippen molar-refractivity contribution in [1.82, 2.24) is 4.90 Å². The molecule has 0 radical (unpaired) electrons. The molecule has 17 heavy (non-hydrogen) atoms. The molecule has 1 unspecified atom stereocenters. The van der Waals surface area contributed by atoms with Crippen LogP contribution >= 0.6 is 0 Å². The van der Waals surface area contributed by atoms with Crippen LogP contribution in [-0.2, 0) is 14.6 Å². The topological polar surface area (TPSA) is 80.5 Å². The lowest BCUT2D eigenvalue weighted by Crippen LogP contribution is -2.42. The first-order chi connectivity index (χ1) is 7.85. The summed E-state index contributed by atoms with van der Waals surface area (Å²) in [4.78, 5) is 12.8. The van der Waals surface area contributed by atoms with Gasteiger partial charge in [0.05, 0.1) is 24.0 Å². The van der Waals surface area contributed by atoms with Crippen molar-refractivity contribution in [2.24, 2.45) is 11.7 Å². The summed E-state index contributed by atoms with van der Waals surface area (Å²) in [7, 11) is -3.18. The van der Waals surface area contributed by atoms with E-state index in [1.165, 1.54) is 0 Å². The number of hydrogen-bond donors (Lipinski definition) is 1. The fraction of sp³-hybridized carbons (Fsp3) is 0.889. The van der Waals surface area contributed by atoms with E-state index in [1.807, 2.05) is 0 Å². The maximum absolute atomic E-state index is 12.3. The zero-order chi connectivity index (χ0) is 13.1. The summed E-state index contributed by atoms with van der Waals surface area (Å²) in [5.74, 6) is -1.51. The van der Waals surface area contributed by atoms with Gasteiger partial charge >= 0.3 is 0 Å². The third-order valence-electron chi connectivity index (χ3n) is 2.65. The van der Waals surface area contributed by atoms with Gasteiger partial charge in [0, 0.05) is 13.1 Å². The van der Waals surface area contributed by atoms with E-state index in [0.29, 0.717) is 0 Å². The minimum absolute atomic E-state index is 0.0275. The molecule has 0 aromatic carbocycles. The predicted molar refractivity (Wildman–Crippen MR) is 58.4 cm³/mol. The minimum atomic E-state index is -3.18. The zero-order valence-electron chi connectivity index (χ0n) is 9.31. The van der Waals surface area contributed by atoms with E-state index >= 15 is 0 Å². The molecule has 1 rings (SSSR count). The van der Waals surface area contributed by atoms with Gasteiger partial charge in [0.2, 0.25) is 5.91 Å². The van der Waals surface area contributed by atoms with E-state index in [2.05, 4.69) is 0 Å².